The lowest BCUT2D eigenvalue weighted by Gasteiger charge is -2.10. The number of rotatable bonds is 8. The van der Waals surface area contributed by atoms with Gasteiger partial charge in [-0.1, -0.05) is 24.3 Å². The van der Waals surface area contributed by atoms with E-state index in [0.717, 1.165) is 29.4 Å². The Hall–Kier alpha value is -4.04. The number of hydrogen-bond acceptors (Lipinski definition) is 7. The van der Waals surface area contributed by atoms with Crippen LogP contribution in [0.15, 0.2) is 91.3 Å². The van der Waals surface area contributed by atoms with Gasteiger partial charge in [0.1, 0.15) is 29.4 Å². The van der Waals surface area contributed by atoms with Gasteiger partial charge in [-0.2, -0.15) is 0 Å². The fourth-order valence-electron chi connectivity index (χ4n) is 2.94. The van der Waals surface area contributed by atoms with Crippen molar-refractivity contribution in [1.82, 2.24) is 9.97 Å². The van der Waals surface area contributed by atoms with Gasteiger partial charge in [-0.05, 0) is 54.6 Å². The van der Waals surface area contributed by atoms with Crippen LogP contribution >= 0.6 is 0 Å². The molecule has 0 bridgehead atoms. The molecular weight excluding hydrogens is 391 g/mol. The molecule has 1 aliphatic heterocycles. The van der Waals surface area contributed by atoms with Gasteiger partial charge >= 0.3 is 7.05 Å². The molecular formula is C23H19BN4O3. The van der Waals surface area contributed by atoms with Crippen molar-refractivity contribution >= 4 is 24.2 Å². The fraction of sp³-hybridized carbons (Fsp3) is 0.0435. The first-order valence-corrected chi connectivity index (χ1v) is 9.88. The van der Waals surface area contributed by atoms with Crippen LogP contribution in [0.5, 0.6) is 23.1 Å². The second kappa shape index (κ2) is 8.77. The molecule has 31 heavy (non-hydrogen) atoms. The van der Waals surface area contributed by atoms with Crippen LogP contribution in [-0.4, -0.2) is 23.5 Å². The summed E-state index contributed by atoms with van der Waals surface area (Å²) in [4.78, 5) is 8.47. The van der Waals surface area contributed by atoms with Gasteiger partial charge in [0.15, 0.2) is 0 Å². The van der Waals surface area contributed by atoms with E-state index < -0.39 is 0 Å². The van der Waals surface area contributed by atoms with Crippen LogP contribution in [-0.2, 0) is 4.65 Å². The molecule has 1 aromatic heterocycles. The third kappa shape index (κ3) is 5.32. The molecule has 2 heterocycles. The first-order valence-electron chi connectivity index (χ1n) is 9.88. The Bertz CT molecular complexity index is 1150. The van der Waals surface area contributed by atoms with Gasteiger partial charge in [0.25, 0.3) is 0 Å². The number of hydrogen-bond donors (Lipinski definition) is 2. The Labute approximate surface area is 180 Å². The topological polar surface area (TPSA) is 80.8 Å². The molecule has 1 aliphatic rings. The Balaban J connectivity index is 1.23. The minimum atomic E-state index is 0.110. The summed E-state index contributed by atoms with van der Waals surface area (Å²) in [6.45, 7) is 0.740. The zero-order chi connectivity index (χ0) is 20.9. The standard InChI is InChI=1S/C23H19BN4O3/c1-2-7-19(8-3-1)30-20-9-11-21(12-10-20)31-23-14-22(25-16-26-23)27-17-5-4-6-18(13-17)28-24-15-29-24/h1-14,16,28H,15H2,(H,25,26,27). The van der Waals surface area contributed by atoms with Crippen molar-refractivity contribution in [1.29, 1.82) is 0 Å². The van der Waals surface area contributed by atoms with E-state index in [9.17, 15) is 0 Å². The zero-order valence-corrected chi connectivity index (χ0v) is 16.6. The lowest BCUT2D eigenvalue weighted by atomic mass is 9.96. The molecule has 0 unspecified atom stereocenters. The van der Waals surface area contributed by atoms with Crippen molar-refractivity contribution in [3.05, 3.63) is 91.3 Å². The number of aromatic nitrogens is 2. The highest BCUT2D eigenvalue weighted by atomic mass is 16.5. The van der Waals surface area contributed by atoms with E-state index in [1.54, 1.807) is 6.07 Å². The lowest BCUT2D eigenvalue weighted by Crippen LogP contribution is -2.08. The second-order valence-corrected chi connectivity index (χ2v) is 6.90. The van der Waals surface area contributed by atoms with Crippen molar-refractivity contribution in [3.8, 4) is 23.1 Å². The van der Waals surface area contributed by atoms with Crippen LogP contribution in [0, 0.1) is 0 Å². The summed E-state index contributed by atoms with van der Waals surface area (Å²) >= 11 is 0. The highest BCUT2D eigenvalue weighted by molar-refractivity contribution is 6.63. The minimum Gasteiger partial charge on any atom is -0.457 e. The van der Waals surface area contributed by atoms with Crippen molar-refractivity contribution in [3.63, 3.8) is 0 Å². The summed E-state index contributed by atoms with van der Waals surface area (Å²) in [5, 5.41) is 6.54. The Morgan fingerprint density at radius 1 is 0.742 bits per heavy atom. The number of nitrogens with zero attached hydrogens (tertiary/aromatic N) is 2. The van der Waals surface area contributed by atoms with Crippen LogP contribution in [0.25, 0.3) is 0 Å². The average Bonchev–Trinajstić information content (AvgIpc) is 3.60. The highest BCUT2D eigenvalue weighted by Crippen LogP contribution is 2.27. The Morgan fingerprint density at radius 3 is 2.23 bits per heavy atom. The average molecular weight is 410 g/mol. The summed E-state index contributed by atoms with van der Waals surface area (Å²) in [5.74, 6) is 3.24. The second-order valence-electron chi connectivity index (χ2n) is 6.90. The van der Waals surface area contributed by atoms with Gasteiger partial charge in [0, 0.05) is 17.4 Å². The third-order valence-corrected chi connectivity index (χ3v) is 4.46. The SMILES string of the molecule is c1ccc(Oc2ccc(Oc3cc(Nc4cccc(NB5CO5)c4)ncn3)cc2)cc1. The molecule has 0 saturated carbocycles. The molecule has 0 spiro atoms. The van der Waals surface area contributed by atoms with Gasteiger partial charge in [0.2, 0.25) is 5.88 Å². The predicted octanol–water partition coefficient (Wildman–Crippen LogP) is 5.27. The summed E-state index contributed by atoms with van der Waals surface area (Å²) in [7, 11) is 0.110. The summed E-state index contributed by atoms with van der Waals surface area (Å²) in [6.07, 6.45) is 1.46. The van der Waals surface area contributed by atoms with E-state index in [1.165, 1.54) is 6.33 Å². The zero-order valence-electron chi connectivity index (χ0n) is 16.6. The van der Waals surface area contributed by atoms with Crippen molar-refractivity contribution < 1.29 is 14.1 Å². The van der Waals surface area contributed by atoms with E-state index in [0.29, 0.717) is 17.4 Å². The number of para-hydroxylation sites is 1. The van der Waals surface area contributed by atoms with Crippen molar-refractivity contribution in [2.24, 2.45) is 0 Å². The van der Waals surface area contributed by atoms with Crippen molar-refractivity contribution in [2.75, 3.05) is 17.1 Å². The smallest absolute Gasteiger partial charge is 0.438 e. The number of anilines is 3. The Morgan fingerprint density at radius 2 is 1.45 bits per heavy atom. The van der Waals surface area contributed by atoms with Crippen LogP contribution in [0.1, 0.15) is 0 Å². The van der Waals surface area contributed by atoms with Gasteiger partial charge in [-0.15, -0.1) is 0 Å². The van der Waals surface area contributed by atoms with Crippen LogP contribution < -0.4 is 20.0 Å². The monoisotopic (exact) mass is 410 g/mol. The highest BCUT2D eigenvalue weighted by Gasteiger charge is 2.30. The molecule has 0 aliphatic carbocycles. The maximum Gasteiger partial charge on any atom is 0.438 e. The molecule has 1 fully saturated rings. The molecule has 152 valence electrons. The van der Waals surface area contributed by atoms with Crippen molar-refractivity contribution in [2.45, 2.75) is 0 Å². The lowest BCUT2D eigenvalue weighted by molar-refractivity contribution is 0.456. The summed E-state index contributed by atoms with van der Waals surface area (Å²) < 4.78 is 16.9. The number of ether oxygens (including phenoxy) is 2. The maximum absolute atomic E-state index is 5.87. The van der Waals surface area contributed by atoms with Crippen LogP contribution in [0.4, 0.5) is 17.2 Å². The maximum atomic E-state index is 5.87. The summed E-state index contributed by atoms with van der Waals surface area (Å²) in [6, 6.07) is 26.7. The van der Waals surface area contributed by atoms with Crippen LogP contribution in [0.3, 0.4) is 0 Å². The molecule has 2 N–H and O–H groups in total. The molecule has 4 aromatic rings. The van der Waals surface area contributed by atoms with E-state index in [1.807, 2.05) is 78.9 Å². The van der Waals surface area contributed by atoms with E-state index in [-0.39, 0.29) is 7.05 Å². The molecule has 0 radical (unpaired) electrons. The van der Waals surface area contributed by atoms with E-state index in [2.05, 4.69) is 20.5 Å². The molecule has 0 atom stereocenters. The molecule has 1 saturated heterocycles. The largest absolute Gasteiger partial charge is 0.457 e. The van der Waals surface area contributed by atoms with E-state index in [4.69, 9.17) is 14.1 Å². The molecule has 7 nitrogen and oxygen atoms in total. The predicted molar refractivity (Wildman–Crippen MR) is 120 cm³/mol. The van der Waals surface area contributed by atoms with Gasteiger partial charge in [0.05, 0.1) is 6.51 Å². The number of nitrogens with one attached hydrogen (secondary N) is 2. The fourth-order valence-corrected chi connectivity index (χ4v) is 2.94. The normalized spacial score (nSPS) is 12.2. The van der Waals surface area contributed by atoms with Gasteiger partial charge in [-0.3, -0.25) is 0 Å². The first kappa shape index (κ1) is 19.0. The molecule has 0 amide bonds. The minimum absolute atomic E-state index is 0.110. The third-order valence-electron chi connectivity index (χ3n) is 4.46. The van der Waals surface area contributed by atoms with Gasteiger partial charge in [-0.25, -0.2) is 9.97 Å². The molecule has 3 aromatic carbocycles. The molecule has 8 heteroatoms. The summed E-state index contributed by atoms with van der Waals surface area (Å²) in [5.41, 5.74) is 1.88. The molecule has 5 rings (SSSR count). The van der Waals surface area contributed by atoms with Gasteiger partial charge < -0.3 is 24.7 Å². The number of benzene rings is 3. The first-order chi connectivity index (χ1) is 15.3. The van der Waals surface area contributed by atoms with Crippen LogP contribution in [0.2, 0.25) is 0 Å². The quantitative estimate of drug-likeness (QED) is 0.302. The van der Waals surface area contributed by atoms with E-state index >= 15 is 0 Å². The Kier molecular flexibility index (Phi) is 5.36.